The highest BCUT2D eigenvalue weighted by atomic mass is 17.4. The Hall–Kier alpha value is -4.92. The SMILES string of the molecule is CC(OOc1ccccc1O)(OOc1ccccc1O)OC(C)(OOc1ccccc1O)OOc1ccccc1O. The fraction of sp³-hybridized carbons (Fsp3) is 0.143. The van der Waals surface area contributed by atoms with Gasteiger partial charge in [0, 0.05) is 13.8 Å². The quantitative estimate of drug-likeness (QED) is 0.0887. The maximum absolute atomic E-state index is 10.1. The first-order valence-corrected chi connectivity index (χ1v) is 11.9. The zero-order valence-corrected chi connectivity index (χ0v) is 21.7. The number of benzene rings is 4. The van der Waals surface area contributed by atoms with Crippen LogP contribution < -0.4 is 19.6 Å². The molecule has 4 N–H and O–H groups in total. The van der Waals surface area contributed by atoms with E-state index in [0.717, 1.165) is 13.8 Å². The Morgan fingerprint density at radius 2 is 0.610 bits per heavy atom. The highest BCUT2D eigenvalue weighted by Gasteiger charge is 2.47. The first-order valence-electron chi connectivity index (χ1n) is 11.9. The van der Waals surface area contributed by atoms with Gasteiger partial charge < -0.3 is 40.0 Å². The average Bonchev–Trinajstić information content (AvgIpc) is 2.96. The number of aromatic hydroxyl groups is 4. The monoisotopic (exact) mass is 570 g/mol. The Morgan fingerprint density at radius 3 is 0.829 bits per heavy atom. The van der Waals surface area contributed by atoms with Gasteiger partial charge in [0.05, 0.1) is 0 Å². The third-order valence-corrected chi connectivity index (χ3v) is 4.96. The van der Waals surface area contributed by atoms with Crippen molar-refractivity contribution in [2.45, 2.75) is 25.8 Å². The minimum atomic E-state index is -2.44. The largest absolute Gasteiger partial charge is 0.504 e. The topological polar surface area (TPSA) is 164 Å². The molecule has 41 heavy (non-hydrogen) atoms. The van der Waals surface area contributed by atoms with Crippen molar-refractivity contribution in [1.29, 1.82) is 0 Å². The fourth-order valence-electron chi connectivity index (χ4n) is 3.03. The van der Waals surface area contributed by atoms with E-state index in [0.29, 0.717) is 0 Å². The van der Waals surface area contributed by atoms with Crippen LogP contribution >= 0.6 is 0 Å². The van der Waals surface area contributed by atoms with Gasteiger partial charge in [0.15, 0.2) is 23.0 Å². The van der Waals surface area contributed by atoms with Crippen molar-refractivity contribution in [2.75, 3.05) is 0 Å². The molecule has 0 radical (unpaired) electrons. The normalized spacial score (nSPS) is 11.6. The minimum absolute atomic E-state index is 0.132. The Balaban J connectivity index is 1.60. The van der Waals surface area contributed by atoms with Crippen molar-refractivity contribution in [2.24, 2.45) is 0 Å². The number of ether oxygens (including phenoxy) is 1. The molecule has 0 aliphatic rings. The zero-order valence-electron chi connectivity index (χ0n) is 21.7. The van der Waals surface area contributed by atoms with E-state index < -0.39 is 11.9 Å². The molecule has 13 nitrogen and oxygen atoms in total. The summed E-state index contributed by atoms with van der Waals surface area (Å²) in [5.74, 6) is -6.53. The second-order valence-electron chi connectivity index (χ2n) is 8.36. The molecule has 4 aromatic carbocycles. The van der Waals surface area contributed by atoms with Gasteiger partial charge in [-0.2, -0.15) is 0 Å². The van der Waals surface area contributed by atoms with Gasteiger partial charge in [-0.05, 0) is 48.5 Å². The summed E-state index contributed by atoms with van der Waals surface area (Å²) in [5.41, 5.74) is 0. The number of rotatable bonds is 14. The summed E-state index contributed by atoms with van der Waals surface area (Å²) in [7, 11) is 0. The van der Waals surface area contributed by atoms with Gasteiger partial charge in [0.1, 0.15) is 0 Å². The number of hydrogen-bond donors (Lipinski definition) is 4. The fourth-order valence-corrected chi connectivity index (χ4v) is 3.03. The van der Waals surface area contributed by atoms with E-state index in [1.165, 1.54) is 48.5 Å². The molecule has 0 saturated heterocycles. The van der Waals surface area contributed by atoms with Crippen molar-refractivity contribution in [3.05, 3.63) is 97.1 Å². The summed E-state index contributed by atoms with van der Waals surface area (Å²) < 4.78 is 5.76. The molecule has 0 atom stereocenters. The molecule has 0 aliphatic heterocycles. The second-order valence-corrected chi connectivity index (χ2v) is 8.36. The molecule has 4 aromatic rings. The van der Waals surface area contributed by atoms with E-state index in [-0.39, 0.29) is 46.0 Å². The molecule has 13 heteroatoms. The smallest absolute Gasteiger partial charge is 0.361 e. The second kappa shape index (κ2) is 13.0. The summed E-state index contributed by atoms with van der Waals surface area (Å²) >= 11 is 0. The van der Waals surface area contributed by atoms with E-state index in [4.69, 9.17) is 43.8 Å². The highest BCUT2D eigenvalue weighted by Crippen LogP contribution is 2.35. The predicted molar refractivity (Wildman–Crippen MR) is 137 cm³/mol. The highest BCUT2D eigenvalue weighted by molar-refractivity contribution is 5.39. The van der Waals surface area contributed by atoms with Crippen LogP contribution in [0.15, 0.2) is 97.1 Å². The van der Waals surface area contributed by atoms with Crippen molar-refractivity contribution in [3.63, 3.8) is 0 Å². The van der Waals surface area contributed by atoms with Crippen LogP contribution in [0.3, 0.4) is 0 Å². The molecule has 0 amide bonds. The number of phenols is 4. The first-order chi connectivity index (χ1) is 19.7. The average molecular weight is 571 g/mol. The first kappa shape index (κ1) is 29.1. The lowest BCUT2D eigenvalue weighted by Crippen LogP contribution is -2.50. The lowest BCUT2D eigenvalue weighted by Gasteiger charge is -2.33. The summed E-state index contributed by atoms with van der Waals surface area (Å²) in [5, 5.41) is 40.3. The lowest BCUT2D eigenvalue weighted by atomic mass is 10.3. The summed E-state index contributed by atoms with van der Waals surface area (Å²) in [6, 6.07) is 23.4. The van der Waals surface area contributed by atoms with Gasteiger partial charge in [-0.1, -0.05) is 48.5 Å². The van der Waals surface area contributed by atoms with Crippen LogP contribution in [0, 0.1) is 0 Å². The molecule has 0 saturated carbocycles. The molecule has 0 unspecified atom stereocenters. The summed E-state index contributed by atoms with van der Waals surface area (Å²) in [4.78, 5) is 42.2. The van der Waals surface area contributed by atoms with Crippen molar-refractivity contribution >= 4 is 0 Å². The van der Waals surface area contributed by atoms with E-state index in [1.807, 2.05) is 0 Å². The molecule has 4 rings (SSSR count). The van der Waals surface area contributed by atoms with Crippen LogP contribution in [-0.4, -0.2) is 32.4 Å². The molecule has 0 heterocycles. The van der Waals surface area contributed by atoms with Crippen LogP contribution in [0.1, 0.15) is 13.8 Å². The minimum Gasteiger partial charge on any atom is -0.504 e. The van der Waals surface area contributed by atoms with Crippen LogP contribution in [0.4, 0.5) is 0 Å². The van der Waals surface area contributed by atoms with Gasteiger partial charge in [-0.3, -0.25) is 4.74 Å². The van der Waals surface area contributed by atoms with Crippen LogP contribution in [0.5, 0.6) is 46.0 Å². The van der Waals surface area contributed by atoms with E-state index in [9.17, 15) is 20.4 Å². The molecule has 0 bridgehead atoms. The lowest BCUT2D eigenvalue weighted by molar-refractivity contribution is -0.624. The van der Waals surface area contributed by atoms with Gasteiger partial charge >= 0.3 is 11.9 Å². The van der Waals surface area contributed by atoms with Crippen molar-refractivity contribution in [3.8, 4) is 46.0 Å². The summed E-state index contributed by atoms with van der Waals surface area (Å²) in [6.07, 6.45) is 0. The molecule has 0 aliphatic carbocycles. The van der Waals surface area contributed by atoms with Gasteiger partial charge in [-0.15, -0.1) is 19.6 Å². The van der Waals surface area contributed by atoms with Gasteiger partial charge in [0.25, 0.3) is 0 Å². The molecule has 0 spiro atoms. The number of phenolic OH excluding ortho intramolecular Hbond substituents is 4. The van der Waals surface area contributed by atoms with Crippen molar-refractivity contribution in [1.82, 2.24) is 0 Å². The molecular formula is C28H26O13. The number of hydrogen-bond acceptors (Lipinski definition) is 13. The Bertz CT molecular complexity index is 1220. The van der Waals surface area contributed by atoms with Crippen molar-refractivity contribution < 1.29 is 64.3 Å². The maximum atomic E-state index is 10.1. The van der Waals surface area contributed by atoms with Crippen LogP contribution in [0.2, 0.25) is 0 Å². The Labute approximate surface area is 233 Å². The van der Waals surface area contributed by atoms with E-state index in [1.54, 1.807) is 48.5 Å². The van der Waals surface area contributed by atoms with Crippen LogP contribution in [-0.2, 0) is 24.3 Å². The Kier molecular flexibility index (Phi) is 9.19. The molecule has 0 aromatic heterocycles. The third-order valence-electron chi connectivity index (χ3n) is 4.96. The number of para-hydroxylation sites is 8. The third kappa shape index (κ3) is 8.04. The summed E-state index contributed by atoms with van der Waals surface area (Å²) in [6.45, 7) is 2.30. The molecule has 0 fully saturated rings. The van der Waals surface area contributed by atoms with Gasteiger partial charge in [-0.25, -0.2) is 0 Å². The molecule has 216 valence electrons. The van der Waals surface area contributed by atoms with E-state index >= 15 is 0 Å². The standard InChI is InChI=1S/C28H26O13/c1-27(38-33-23-15-7-3-11-19(23)29,39-34-24-16-8-4-12-20(24)30)37-28(2,40-35-25-17-9-5-13-21(25)31)41-36-26-18-10-6-14-22(26)32/h3-18,29-32H,1-2H3. The predicted octanol–water partition coefficient (Wildman–Crippen LogP) is 5.22. The van der Waals surface area contributed by atoms with E-state index in [2.05, 4.69) is 0 Å². The zero-order chi connectivity index (χ0) is 29.3. The van der Waals surface area contributed by atoms with Crippen LogP contribution in [0.25, 0.3) is 0 Å². The Morgan fingerprint density at radius 1 is 0.390 bits per heavy atom. The maximum Gasteiger partial charge on any atom is 0.361 e. The van der Waals surface area contributed by atoms with Gasteiger partial charge in [0.2, 0.25) is 23.0 Å². The molecular weight excluding hydrogens is 544 g/mol.